The topological polar surface area (TPSA) is 72.5 Å². The molecular formula is C12H17NO3. The fraction of sp³-hybridized carbons (Fsp3) is 0.417. The minimum absolute atomic E-state index is 0.144. The van der Waals surface area contributed by atoms with Crippen LogP contribution in [-0.4, -0.2) is 17.2 Å². The summed E-state index contributed by atoms with van der Waals surface area (Å²) in [5.74, 6) is -0.660. The van der Waals surface area contributed by atoms with Crippen molar-refractivity contribution in [3.63, 3.8) is 0 Å². The summed E-state index contributed by atoms with van der Waals surface area (Å²) < 4.78 is 5.16. The highest BCUT2D eigenvalue weighted by atomic mass is 16.5. The van der Waals surface area contributed by atoms with E-state index in [-0.39, 0.29) is 17.4 Å². The van der Waals surface area contributed by atoms with Crippen LogP contribution in [0.3, 0.4) is 0 Å². The van der Waals surface area contributed by atoms with Gasteiger partial charge in [-0.25, -0.2) is 4.79 Å². The molecule has 1 aromatic carbocycles. The summed E-state index contributed by atoms with van der Waals surface area (Å²) >= 11 is 0. The first kappa shape index (κ1) is 12.4. The number of nitrogen functional groups attached to an aromatic ring is 1. The lowest BCUT2D eigenvalue weighted by atomic mass is 10.2. The Morgan fingerprint density at radius 2 is 2.25 bits per heavy atom. The zero-order valence-electron chi connectivity index (χ0n) is 9.56. The maximum atomic E-state index is 11.6. The van der Waals surface area contributed by atoms with Crippen LogP contribution in [0.15, 0.2) is 18.2 Å². The summed E-state index contributed by atoms with van der Waals surface area (Å²) in [6, 6.07) is 4.35. The second kappa shape index (κ2) is 5.39. The molecule has 16 heavy (non-hydrogen) atoms. The van der Waals surface area contributed by atoms with Crippen LogP contribution < -0.4 is 5.73 Å². The average molecular weight is 223 g/mol. The number of phenolic OH excluding ortho intramolecular Hbond substituents is 1. The van der Waals surface area contributed by atoms with Crippen molar-refractivity contribution < 1.29 is 14.6 Å². The van der Waals surface area contributed by atoms with Gasteiger partial charge < -0.3 is 15.6 Å². The second-order valence-electron chi connectivity index (χ2n) is 3.78. The minimum atomic E-state index is -0.515. The summed E-state index contributed by atoms with van der Waals surface area (Å²) in [6.45, 7) is 3.85. The van der Waals surface area contributed by atoms with Crippen molar-refractivity contribution in [2.45, 2.75) is 32.8 Å². The number of hydrogen-bond donors (Lipinski definition) is 2. The van der Waals surface area contributed by atoms with Crippen LogP contribution in [0, 0.1) is 0 Å². The van der Waals surface area contributed by atoms with Gasteiger partial charge in [-0.05, 0) is 25.5 Å². The lowest BCUT2D eigenvalue weighted by molar-refractivity contribution is 0.0320. The van der Waals surface area contributed by atoms with Crippen LogP contribution in [-0.2, 0) is 4.74 Å². The summed E-state index contributed by atoms with van der Waals surface area (Å²) in [7, 11) is 0. The molecule has 4 heteroatoms. The molecule has 1 rings (SSSR count). The third-order valence-electron chi connectivity index (χ3n) is 2.25. The van der Waals surface area contributed by atoms with Crippen LogP contribution in [0.2, 0.25) is 0 Å². The van der Waals surface area contributed by atoms with Gasteiger partial charge in [-0.1, -0.05) is 13.3 Å². The van der Waals surface area contributed by atoms with Crippen LogP contribution in [0.1, 0.15) is 37.0 Å². The van der Waals surface area contributed by atoms with Crippen molar-refractivity contribution in [1.82, 2.24) is 0 Å². The maximum Gasteiger partial charge on any atom is 0.342 e. The first-order valence-corrected chi connectivity index (χ1v) is 5.34. The van der Waals surface area contributed by atoms with Gasteiger partial charge >= 0.3 is 5.97 Å². The SMILES string of the molecule is CCCC(C)OC(=O)c1ccc(N)cc1O. The largest absolute Gasteiger partial charge is 0.507 e. The molecule has 0 amide bonds. The molecule has 0 aliphatic heterocycles. The van der Waals surface area contributed by atoms with E-state index >= 15 is 0 Å². The fourth-order valence-electron chi connectivity index (χ4n) is 1.43. The second-order valence-corrected chi connectivity index (χ2v) is 3.78. The van der Waals surface area contributed by atoms with Gasteiger partial charge in [-0.2, -0.15) is 0 Å². The van der Waals surface area contributed by atoms with Gasteiger partial charge in [0.25, 0.3) is 0 Å². The molecule has 0 bridgehead atoms. The molecule has 1 unspecified atom stereocenters. The maximum absolute atomic E-state index is 11.6. The lowest BCUT2D eigenvalue weighted by Gasteiger charge is -2.12. The number of phenols is 1. The average Bonchev–Trinajstić information content (AvgIpc) is 2.17. The summed E-state index contributed by atoms with van der Waals surface area (Å²) in [5, 5.41) is 9.52. The van der Waals surface area contributed by atoms with E-state index in [4.69, 9.17) is 10.5 Å². The Bertz CT molecular complexity index is 377. The van der Waals surface area contributed by atoms with Crippen molar-refractivity contribution in [3.05, 3.63) is 23.8 Å². The number of nitrogens with two attached hydrogens (primary N) is 1. The molecule has 0 saturated carbocycles. The van der Waals surface area contributed by atoms with Gasteiger partial charge in [0.05, 0.1) is 6.10 Å². The molecule has 0 heterocycles. The van der Waals surface area contributed by atoms with E-state index in [0.717, 1.165) is 12.8 Å². The van der Waals surface area contributed by atoms with Crippen molar-refractivity contribution >= 4 is 11.7 Å². The molecule has 0 spiro atoms. The third-order valence-corrected chi connectivity index (χ3v) is 2.25. The Balaban J connectivity index is 2.73. The van der Waals surface area contributed by atoms with E-state index in [1.165, 1.54) is 12.1 Å². The van der Waals surface area contributed by atoms with Gasteiger partial charge in [-0.15, -0.1) is 0 Å². The van der Waals surface area contributed by atoms with E-state index < -0.39 is 5.97 Å². The van der Waals surface area contributed by atoms with E-state index in [1.54, 1.807) is 6.07 Å². The molecular weight excluding hydrogens is 206 g/mol. The highest BCUT2D eigenvalue weighted by Gasteiger charge is 2.15. The number of hydrogen-bond acceptors (Lipinski definition) is 4. The Labute approximate surface area is 95.0 Å². The zero-order chi connectivity index (χ0) is 12.1. The third kappa shape index (κ3) is 3.15. The van der Waals surface area contributed by atoms with E-state index in [9.17, 15) is 9.90 Å². The van der Waals surface area contributed by atoms with E-state index in [0.29, 0.717) is 5.69 Å². The lowest BCUT2D eigenvalue weighted by Crippen LogP contribution is -2.14. The van der Waals surface area contributed by atoms with Crippen LogP contribution >= 0.6 is 0 Å². The van der Waals surface area contributed by atoms with Gasteiger partial charge in [0.2, 0.25) is 0 Å². The first-order chi connectivity index (χ1) is 7.54. The van der Waals surface area contributed by atoms with Gasteiger partial charge in [0, 0.05) is 11.8 Å². The number of aromatic hydroxyl groups is 1. The Hall–Kier alpha value is -1.71. The molecule has 0 radical (unpaired) electrons. The molecule has 4 nitrogen and oxygen atoms in total. The Morgan fingerprint density at radius 3 is 2.81 bits per heavy atom. The van der Waals surface area contributed by atoms with Crippen molar-refractivity contribution in [1.29, 1.82) is 0 Å². The van der Waals surface area contributed by atoms with Gasteiger partial charge in [0.1, 0.15) is 11.3 Å². The predicted octanol–water partition coefficient (Wildman–Crippen LogP) is 2.32. The summed E-state index contributed by atoms with van der Waals surface area (Å²) in [5.41, 5.74) is 6.03. The van der Waals surface area contributed by atoms with Crippen molar-refractivity contribution in [2.24, 2.45) is 0 Å². The normalized spacial score (nSPS) is 12.1. The Morgan fingerprint density at radius 1 is 1.56 bits per heavy atom. The molecule has 3 N–H and O–H groups in total. The fourth-order valence-corrected chi connectivity index (χ4v) is 1.43. The van der Waals surface area contributed by atoms with Crippen molar-refractivity contribution in [2.75, 3.05) is 5.73 Å². The molecule has 0 fully saturated rings. The van der Waals surface area contributed by atoms with E-state index in [1.807, 2.05) is 13.8 Å². The van der Waals surface area contributed by atoms with Crippen LogP contribution in [0.5, 0.6) is 5.75 Å². The number of rotatable bonds is 4. The summed E-state index contributed by atoms with van der Waals surface area (Å²) in [4.78, 5) is 11.6. The molecule has 88 valence electrons. The highest BCUT2D eigenvalue weighted by Crippen LogP contribution is 2.21. The molecule has 0 aromatic heterocycles. The number of anilines is 1. The predicted molar refractivity (Wildman–Crippen MR) is 62.3 cm³/mol. The number of esters is 1. The van der Waals surface area contributed by atoms with Gasteiger partial charge in [0.15, 0.2) is 0 Å². The number of carbonyl (C=O) groups is 1. The molecule has 0 aliphatic carbocycles. The number of benzene rings is 1. The van der Waals surface area contributed by atoms with Crippen LogP contribution in [0.25, 0.3) is 0 Å². The van der Waals surface area contributed by atoms with E-state index in [2.05, 4.69) is 0 Å². The molecule has 1 aromatic rings. The van der Waals surface area contributed by atoms with Crippen LogP contribution in [0.4, 0.5) is 5.69 Å². The number of ether oxygens (including phenoxy) is 1. The molecule has 0 saturated heterocycles. The number of carbonyl (C=O) groups excluding carboxylic acids is 1. The van der Waals surface area contributed by atoms with Crippen molar-refractivity contribution in [3.8, 4) is 5.75 Å². The first-order valence-electron chi connectivity index (χ1n) is 5.34. The zero-order valence-corrected chi connectivity index (χ0v) is 9.56. The smallest absolute Gasteiger partial charge is 0.342 e. The minimum Gasteiger partial charge on any atom is -0.507 e. The standard InChI is InChI=1S/C12H17NO3/c1-3-4-8(2)16-12(15)10-6-5-9(13)7-11(10)14/h5-8,14H,3-4,13H2,1-2H3. The molecule has 0 aliphatic rings. The quantitative estimate of drug-likeness (QED) is 0.607. The monoisotopic (exact) mass is 223 g/mol. The molecule has 1 atom stereocenters. The highest BCUT2D eigenvalue weighted by molar-refractivity contribution is 5.93. The van der Waals surface area contributed by atoms with Gasteiger partial charge in [-0.3, -0.25) is 0 Å². The Kier molecular flexibility index (Phi) is 4.17. The summed E-state index contributed by atoms with van der Waals surface area (Å²) in [6.07, 6.45) is 1.61.